The van der Waals surface area contributed by atoms with Crippen molar-refractivity contribution in [2.45, 2.75) is 39.5 Å². The zero-order valence-electron chi connectivity index (χ0n) is 16.8. The maximum Gasteiger partial charge on any atom is 0.257 e. The Morgan fingerprint density at radius 2 is 1.64 bits per heavy atom. The Hall–Kier alpha value is -2.23. The van der Waals surface area contributed by atoms with Crippen molar-refractivity contribution in [1.29, 1.82) is 0 Å². The molecule has 0 fully saturated rings. The van der Waals surface area contributed by atoms with Crippen LogP contribution in [0.15, 0.2) is 15.1 Å². The summed E-state index contributed by atoms with van der Waals surface area (Å²) in [6.07, 6.45) is 4.15. The third-order valence-corrected chi connectivity index (χ3v) is 4.28. The van der Waals surface area contributed by atoms with E-state index in [0.29, 0.717) is 35.0 Å². The molecule has 0 saturated heterocycles. The van der Waals surface area contributed by atoms with Gasteiger partial charge in [0.1, 0.15) is 11.3 Å². The van der Waals surface area contributed by atoms with Gasteiger partial charge in [-0.05, 0) is 72.3 Å². The smallest absolute Gasteiger partial charge is 0.257 e. The van der Waals surface area contributed by atoms with E-state index in [1.807, 2.05) is 0 Å². The van der Waals surface area contributed by atoms with Crippen molar-refractivity contribution < 1.29 is 13.8 Å². The van der Waals surface area contributed by atoms with Gasteiger partial charge in [-0.15, -0.1) is 0 Å². The molecule has 1 amide bonds. The van der Waals surface area contributed by atoms with Gasteiger partial charge in [-0.3, -0.25) is 4.79 Å². The van der Waals surface area contributed by atoms with E-state index in [1.165, 1.54) is 0 Å². The summed E-state index contributed by atoms with van der Waals surface area (Å²) in [5, 5.41) is 17.5. The first kappa shape index (κ1) is 22.1. The lowest BCUT2D eigenvalue weighted by molar-refractivity contribution is 0.0953. The van der Waals surface area contributed by atoms with E-state index in [1.54, 1.807) is 19.9 Å². The Bertz CT molecular complexity index is 712. The van der Waals surface area contributed by atoms with Crippen molar-refractivity contribution in [2.24, 2.45) is 5.73 Å². The van der Waals surface area contributed by atoms with E-state index >= 15 is 0 Å². The fourth-order valence-corrected chi connectivity index (χ4v) is 2.77. The lowest BCUT2D eigenvalue weighted by Crippen LogP contribution is -2.28. The second-order valence-corrected chi connectivity index (χ2v) is 6.75. The SMILES string of the molecule is Cc1cc(-c2onc(C)c2C(=O)NCCCNCCCCNCCCN)no1. The van der Waals surface area contributed by atoms with Crippen LogP contribution in [0.1, 0.15) is 47.5 Å². The van der Waals surface area contributed by atoms with Crippen molar-refractivity contribution in [3.05, 3.63) is 23.1 Å². The van der Waals surface area contributed by atoms with Crippen LogP contribution in [-0.4, -0.2) is 55.5 Å². The van der Waals surface area contributed by atoms with Gasteiger partial charge in [0.2, 0.25) is 5.76 Å². The highest BCUT2D eigenvalue weighted by molar-refractivity contribution is 6.00. The lowest BCUT2D eigenvalue weighted by atomic mass is 10.1. The molecule has 9 heteroatoms. The van der Waals surface area contributed by atoms with Crippen LogP contribution < -0.4 is 21.7 Å². The highest BCUT2D eigenvalue weighted by Crippen LogP contribution is 2.25. The molecule has 9 nitrogen and oxygen atoms in total. The molecule has 2 aromatic heterocycles. The number of unbranched alkanes of at least 4 members (excludes halogenated alkanes) is 1. The largest absolute Gasteiger partial charge is 0.361 e. The number of hydrogen-bond donors (Lipinski definition) is 4. The highest BCUT2D eigenvalue weighted by atomic mass is 16.5. The Morgan fingerprint density at radius 1 is 0.964 bits per heavy atom. The molecule has 2 aromatic rings. The van der Waals surface area contributed by atoms with E-state index in [2.05, 4.69) is 26.3 Å². The maximum atomic E-state index is 12.5. The first-order chi connectivity index (χ1) is 13.6. The molecule has 0 aliphatic rings. The lowest BCUT2D eigenvalue weighted by Gasteiger charge is -2.07. The third kappa shape index (κ3) is 7.06. The molecule has 0 bridgehead atoms. The molecule has 0 unspecified atom stereocenters. The van der Waals surface area contributed by atoms with Gasteiger partial charge in [-0.1, -0.05) is 10.3 Å². The second kappa shape index (κ2) is 12.3. The molecule has 0 aliphatic carbocycles. The Kier molecular flexibility index (Phi) is 9.67. The molecule has 0 saturated carbocycles. The number of rotatable bonds is 14. The second-order valence-electron chi connectivity index (χ2n) is 6.75. The van der Waals surface area contributed by atoms with Gasteiger partial charge < -0.3 is 30.7 Å². The van der Waals surface area contributed by atoms with Crippen molar-refractivity contribution in [3.8, 4) is 11.5 Å². The maximum absolute atomic E-state index is 12.5. The predicted octanol–water partition coefficient (Wildman–Crippen LogP) is 1.37. The highest BCUT2D eigenvalue weighted by Gasteiger charge is 2.23. The topological polar surface area (TPSA) is 131 Å². The van der Waals surface area contributed by atoms with E-state index in [9.17, 15) is 4.79 Å². The molecule has 2 rings (SSSR count). The van der Waals surface area contributed by atoms with Crippen molar-refractivity contribution >= 4 is 5.91 Å². The zero-order chi connectivity index (χ0) is 20.2. The monoisotopic (exact) mass is 392 g/mol. The minimum absolute atomic E-state index is 0.210. The summed E-state index contributed by atoms with van der Waals surface area (Å²) in [7, 11) is 0. The van der Waals surface area contributed by atoms with Gasteiger partial charge in [0.15, 0.2) is 5.69 Å². The number of carbonyl (C=O) groups is 1. The van der Waals surface area contributed by atoms with Gasteiger partial charge in [0.05, 0.1) is 5.69 Å². The number of nitrogens with two attached hydrogens (primary N) is 1. The molecular formula is C19H32N6O3. The summed E-state index contributed by atoms with van der Waals surface area (Å²) >= 11 is 0. The van der Waals surface area contributed by atoms with Crippen LogP contribution in [0.5, 0.6) is 0 Å². The number of nitrogens with zero attached hydrogens (tertiary/aromatic N) is 2. The normalized spacial score (nSPS) is 11.1. The number of amides is 1. The summed E-state index contributed by atoms with van der Waals surface area (Å²) < 4.78 is 10.3. The molecule has 156 valence electrons. The zero-order valence-corrected chi connectivity index (χ0v) is 16.8. The molecule has 0 aromatic carbocycles. The quantitative estimate of drug-likeness (QED) is 0.355. The number of carbonyl (C=O) groups excluding carboxylic acids is 1. The number of aromatic nitrogens is 2. The molecule has 28 heavy (non-hydrogen) atoms. The Morgan fingerprint density at radius 3 is 2.29 bits per heavy atom. The molecule has 0 aliphatic heterocycles. The minimum Gasteiger partial charge on any atom is -0.361 e. The van der Waals surface area contributed by atoms with Crippen LogP contribution in [0.2, 0.25) is 0 Å². The summed E-state index contributed by atoms with van der Waals surface area (Å²) in [5.41, 5.74) is 6.86. The number of nitrogens with one attached hydrogen (secondary N) is 3. The molecule has 5 N–H and O–H groups in total. The molecular weight excluding hydrogens is 360 g/mol. The van der Waals surface area contributed by atoms with Crippen LogP contribution in [0, 0.1) is 13.8 Å². The van der Waals surface area contributed by atoms with Crippen LogP contribution in [-0.2, 0) is 0 Å². The summed E-state index contributed by atoms with van der Waals surface area (Å²) in [4.78, 5) is 12.5. The summed E-state index contributed by atoms with van der Waals surface area (Å²) in [6, 6.07) is 1.72. The summed E-state index contributed by atoms with van der Waals surface area (Å²) in [6.45, 7) is 8.70. The van der Waals surface area contributed by atoms with Gasteiger partial charge in [-0.25, -0.2) is 0 Å². The number of hydrogen-bond acceptors (Lipinski definition) is 8. The molecule has 2 heterocycles. The molecule has 0 spiro atoms. The van der Waals surface area contributed by atoms with Crippen molar-refractivity contribution in [1.82, 2.24) is 26.3 Å². The van der Waals surface area contributed by atoms with Gasteiger partial charge in [0.25, 0.3) is 5.91 Å². The summed E-state index contributed by atoms with van der Waals surface area (Å²) in [5.74, 6) is 0.774. The van der Waals surface area contributed by atoms with Crippen LogP contribution >= 0.6 is 0 Å². The van der Waals surface area contributed by atoms with Crippen LogP contribution in [0.4, 0.5) is 0 Å². The fourth-order valence-electron chi connectivity index (χ4n) is 2.77. The standard InChI is InChI=1S/C19H32N6O3/c1-14-13-16(25-27-14)18-17(15(2)24-28-18)19(26)23-12-6-11-22-9-4-3-8-21-10-5-7-20/h13,21-22H,3-12,20H2,1-2H3,(H,23,26). The van der Waals surface area contributed by atoms with E-state index < -0.39 is 0 Å². The number of aryl methyl sites for hydroxylation is 2. The fraction of sp³-hybridized carbons (Fsp3) is 0.632. The Labute approximate surface area is 165 Å². The van der Waals surface area contributed by atoms with E-state index in [4.69, 9.17) is 14.8 Å². The van der Waals surface area contributed by atoms with Gasteiger partial charge in [0, 0.05) is 12.6 Å². The Balaban J connectivity index is 1.60. The first-order valence-corrected chi connectivity index (χ1v) is 9.93. The van der Waals surface area contributed by atoms with Crippen LogP contribution in [0.25, 0.3) is 11.5 Å². The third-order valence-electron chi connectivity index (χ3n) is 4.28. The van der Waals surface area contributed by atoms with Crippen LogP contribution in [0.3, 0.4) is 0 Å². The minimum atomic E-state index is -0.210. The molecule has 0 radical (unpaired) electrons. The van der Waals surface area contributed by atoms with Gasteiger partial charge in [-0.2, -0.15) is 0 Å². The first-order valence-electron chi connectivity index (χ1n) is 9.93. The van der Waals surface area contributed by atoms with E-state index in [-0.39, 0.29) is 5.91 Å². The van der Waals surface area contributed by atoms with Crippen molar-refractivity contribution in [3.63, 3.8) is 0 Å². The average molecular weight is 393 g/mol. The van der Waals surface area contributed by atoms with Gasteiger partial charge >= 0.3 is 0 Å². The van der Waals surface area contributed by atoms with E-state index in [0.717, 1.165) is 58.4 Å². The predicted molar refractivity (Wildman–Crippen MR) is 107 cm³/mol. The van der Waals surface area contributed by atoms with Crippen molar-refractivity contribution in [2.75, 3.05) is 39.3 Å². The molecule has 0 atom stereocenters. The average Bonchev–Trinajstić information content (AvgIpc) is 3.28.